The Morgan fingerprint density at radius 2 is 2.33 bits per heavy atom. The first kappa shape index (κ1) is 11.4. The highest BCUT2D eigenvalue weighted by molar-refractivity contribution is 5.88. The smallest absolute Gasteiger partial charge is 0.343 e. The Labute approximate surface area is 86.1 Å². The third kappa shape index (κ3) is 2.41. The molecule has 15 heavy (non-hydrogen) atoms. The van der Waals surface area contributed by atoms with Crippen LogP contribution in [0.1, 0.15) is 16.1 Å². The van der Waals surface area contributed by atoms with Gasteiger partial charge in [0.2, 0.25) is 0 Å². The van der Waals surface area contributed by atoms with E-state index in [0.717, 1.165) is 0 Å². The van der Waals surface area contributed by atoms with Crippen molar-refractivity contribution in [1.29, 1.82) is 0 Å². The monoisotopic (exact) mass is 212 g/mol. The molecule has 0 bridgehead atoms. The third-order valence-electron chi connectivity index (χ3n) is 1.98. The van der Waals surface area contributed by atoms with Gasteiger partial charge in [0.1, 0.15) is 5.56 Å². The fraction of sp³-hybridized carbons (Fsp3) is 0.444. The summed E-state index contributed by atoms with van der Waals surface area (Å²) >= 11 is 0. The van der Waals surface area contributed by atoms with Crippen LogP contribution in [0.5, 0.6) is 0 Å². The van der Waals surface area contributed by atoms with Crippen LogP contribution in [0.3, 0.4) is 0 Å². The summed E-state index contributed by atoms with van der Waals surface area (Å²) in [6, 6.07) is 0. The number of carbonyl (C=O) groups is 1. The molecule has 0 radical (unpaired) electrons. The topological polar surface area (TPSA) is 81.4 Å². The summed E-state index contributed by atoms with van der Waals surface area (Å²) < 4.78 is 6.02. The van der Waals surface area contributed by atoms with Crippen molar-refractivity contribution in [3.05, 3.63) is 27.9 Å². The van der Waals surface area contributed by atoms with Crippen LogP contribution in [0, 0.1) is 6.92 Å². The van der Waals surface area contributed by atoms with E-state index >= 15 is 0 Å². The van der Waals surface area contributed by atoms with Gasteiger partial charge in [-0.2, -0.15) is 0 Å². The van der Waals surface area contributed by atoms with E-state index in [1.54, 1.807) is 0 Å². The van der Waals surface area contributed by atoms with E-state index in [2.05, 4.69) is 4.98 Å². The molecule has 0 fully saturated rings. The number of hydrogen-bond donors (Lipinski definition) is 1. The molecule has 0 saturated carbocycles. The number of nitrogens with zero attached hydrogens (tertiary/aromatic N) is 2. The van der Waals surface area contributed by atoms with E-state index in [1.165, 1.54) is 24.9 Å². The fourth-order valence-electron chi connectivity index (χ4n) is 1.17. The lowest BCUT2D eigenvalue weighted by atomic mass is 10.2. The fourth-order valence-corrected chi connectivity index (χ4v) is 1.17. The zero-order valence-corrected chi connectivity index (χ0v) is 8.56. The van der Waals surface area contributed by atoms with Crippen LogP contribution in [0.2, 0.25) is 0 Å². The van der Waals surface area contributed by atoms with Gasteiger partial charge in [-0.15, -0.1) is 0 Å². The molecule has 1 aromatic heterocycles. The normalized spacial score (nSPS) is 10.3. The largest absolute Gasteiger partial charge is 0.477 e. The number of ether oxygens (including phenoxy) is 1. The molecule has 6 nitrogen and oxygen atoms in total. The van der Waals surface area contributed by atoms with Crippen LogP contribution in [0.25, 0.3) is 0 Å². The van der Waals surface area contributed by atoms with E-state index in [9.17, 15) is 9.59 Å². The lowest BCUT2D eigenvalue weighted by Crippen LogP contribution is -2.29. The third-order valence-corrected chi connectivity index (χ3v) is 1.98. The number of aryl methyl sites for hydroxylation is 1. The summed E-state index contributed by atoms with van der Waals surface area (Å²) in [7, 11) is 1.50. The van der Waals surface area contributed by atoms with Gasteiger partial charge in [-0.1, -0.05) is 0 Å². The Balaban J connectivity index is 3.17. The van der Waals surface area contributed by atoms with Crippen molar-refractivity contribution in [3.63, 3.8) is 0 Å². The number of carboxylic acids is 1. The highest BCUT2D eigenvalue weighted by Gasteiger charge is 2.15. The van der Waals surface area contributed by atoms with Gasteiger partial charge < -0.3 is 9.84 Å². The quantitative estimate of drug-likeness (QED) is 0.753. The molecule has 6 heteroatoms. The first-order chi connectivity index (χ1) is 7.07. The Morgan fingerprint density at radius 1 is 1.67 bits per heavy atom. The average Bonchev–Trinajstić information content (AvgIpc) is 2.16. The Hall–Kier alpha value is -1.69. The molecule has 0 aliphatic heterocycles. The summed E-state index contributed by atoms with van der Waals surface area (Å²) in [5.41, 5.74) is -0.609. The second kappa shape index (κ2) is 4.70. The predicted molar refractivity (Wildman–Crippen MR) is 52.1 cm³/mol. The minimum Gasteiger partial charge on any atom is -0.477 e. The maximum atomic E-state index is 11.6. The van der Waals surface area contributed by atoms with Crippen molar-refractivity contribution in [2.75, 3.05) is 13.7 Å². The highest BCUT2D eigenvalue weighted by atomic mass is 16.5. The van der Waals surface area contributed by atoms with Gasteiger partial charge >= 0.3 is 5.97 Å². The zero-order chi connectivity index (χ0) is 11.4. The van der Waals surface area contributed by atoms with Gasteiger partial charge in [-0.05, 0) is 6.92 Å². The van der Waals surface area contributed by atoms with Crippen molar-refractivity contribution in [2.24, 2.45) is 0 Å². The van der Waals surface area contributed by atoms with Crippen LogP contribution >= 0.6 is 0 Å². The number of carboxylic acid groups (broad SMARTS) is 1. The predicted octanol–water partition coefficient (Wildman–Crippen LogP) is -0.104. The molecular formula is C9H12N2O4. The molecule has 0 aromatic carbocycles. The van der Waals surface area contributed by atoms with Crippen molar-refractivity contribution >= 4 is 5.97 Å². The van der Waals surface area contributed by atoms with Gasteiger partial charge in [-0.25, -0.2) is 9.78 Å². The van der Waals surface area contributed by atoms with Crippen LogP contribution in [-0.2, 0) is 11.3 Å². The molecule has 1 rings (SSSR count). The van der Waals surface area contributed by atoms with Crippen molar-refractivity contribution in [2.45, 2.75) is 13.5 Å². The highest BCUT2D eigenvalue weighted by Crippen LogP contribution is 1.97. The molecule has 0 aliphatic rings. The van der Waals surface area contributed by atoms with Gasteiger partial charge in [0.15, 0.2) is 0 Å². The molecule has 0 atom stereocenters. The second-order valence-corrected chi connectivity index (χ2v) is 3.00. The van der Waals surface area contributed by atoms with E-state index in [0.29, 0.717) is 13.2 Å². The first-order valence-corrected chi connectivity index (χ1v) is 4.36. The minimum absolute atomic E-state index is 0.223. The second-order valence-electron chi connectivity index (χ2n) is 3.00. The maximum Gasteiger partial charge on any atom is 0.343 e. The summed E-state index contributed by atoms with van der Waals surface area (Å²) in [5, 5.41) is 8.81. The van der Waals surface area contributed by atoms with E-state index in [4.69, 9.17) is 9.84 Å². The summed E-state index contributed by atoms with van der Waals surface area (Å²) in [6.45, 7) is 2.12. The molecule has 0 saturated heterocycles. The molecule has 0 aliphatic carbocycles. The van der Waals surface area contributed by atoms with Crippen LogP contribution in [0.15, 0.2) is 11.1 Å². The van der Waals surface area contributed by atoms with E-state index < -0.39 is 11.5 Å². The number of aromatic nitrogens is 2. The Kier molecular flexibility index (Phi) is 3.56. The van der Waals surface area contributed by atoms with Gasteiger partial charge in [0.25, 0.3) is 5.56 Å². The molecular weight excluding hydrogens is 200 g/mol. The standard InChI is InChI=1S/C9H12N2O4/c1-6-7(9(13)14)8(12)11(5-10-6)3-4-15-2/h5H,3-4H2,1-2H3,(H,13,14). The average molecular weight is 212 g/mol. The molecule has 0 amide bonds. The van der Waals surface area contributed by atoms with Gasteiger partial charge in [-0.3, -0.25) is 9.36 Å². The summed E-state index contributed by atoms with van der Waals surface area (Å²) in [5.74, 6) is -1.25. The van der Waals surface area contributed by atoms with Crippen LogP contribution < -0.4 is 5.56 Å². The zero-order valence-electron chi connectivity index (χ0n) is 8.56. The molecule has 0 unspecified atom stereocenters. The molecule has 1 aromatic rings. The van der Waals surface area contributed by atoms with Gasteiger partial charge in [0, 0.05) is 7.11 Å². The van der Waals surface area contributed by atoms with Crippen molar-refractivity contribution in [1.82, 2.24) is 9.55 Å². The minimum atomic E-state index is -1.25. The van der Waals surface area contributed by atoms with Crippen LogP contribution in [0.4, 0.5) is 0 Å². The van der Waals surface area contributed by atoms with Gasteiger partial charge in [0.05, 0.1) is 25.2 Å². The van der Waals surface area contributed by atoms with Crippen molar-refractivity contribution in [3.8, 4) is 0 Å². The SMILES string of the molecule is COCCn1cnc(C)c(C(=O)O)c1=O. The maximum absolute atomic E-state index is 11.6. The number of hydrogen-bond acceptors (Lipinski definition) is 4. The van der Waals surface area contributed by atoms with E-state index in [-0.39, 0.29) is 11.3 Å². The summed E-state index contributed by atoms with van der Waals surface area (Å²) in [4.78, 5) is 26.2. The molecule has 1 N–H and O–H groups in total. The number of rotatable bonds is 4. The lowest BCUT2D eigenvalue weighted by Gasteiger charge is -2.06. The molecule has 0 spiro atoms. The molecule has 82 valence electrons. The number of methoxy groups -OCH3 is 1. The molecule has 1 heterocycles. The Morgan fingerprint density at radius 3 is 2.87 bits per heavy atom. The van der Waals surface area contributed by atoms with Crippen LogP contribution in [-0.4, -0.2) is 34.3 Å². The van der Waals surface area contributed by atoms with E-state index in [1.807, 2.05) is 0 Å². The first-order valence-electron chi connectivity index (χ1n) is 4.36. The number of aromatic carboxylic acids is 1. The van der Waals surface area contributed by atoms with Crippen molar-refractivity contribution < 1.29 is 14.6 Å². The summed E-state index contributed by atoms with van der Waals surface area (Å²) in [6.07, 6.45) is 1.32. The lowest BCUT2D eigenvalue weighted by molar-refractivity contribution is 0.0692. The Bertz CT molecular complexity index is 425.